The Kier molecular flexibility index (Phi) is 4.86. The third-order valence-electron chi connectivity index (χ3n) is 4.36. The largest absolute Gasteiger partial charge is 0.466 e. The number of carbonyl (C=O) groups excluding carboxylic acids is 2. The van der Waals surface area contributed by atoms with Crippen molar-refractivity contribution in [2.24, 2.45) is 5.41 Å². The summed E-state index contributed by atoms with van der Waals surface area (Å²) in [6, 6.07) is 9.27. The minimum absolute atomic E-state index is 0.101. The molecule has 1 aliphatic rings. The highest BCUT2D eigenvalue weighted by Crippen LogP contribution is 2.40. The van der Waals surface area contributed by atoms with E-state index in [1.807, 2.05) is 37.3 Å². The molecular formula is C17H23NO4. The molecular weight excluding hydrogens is 282 g/mol. The third kappa shape index (κ3) is 2.99. The van der Waals surface area contributed by atoms with E-state index in [0.29, 0.717) is 6.54 Å². The summed E-state index contributed by atoms with van der Waals surface area (Å²) < 4.78 is 4.93. The van der Waals surface area contributed by atoms with Gasteiger partial charge < -0.3 is 14.7 Å². The first-order valence-electron chi connectivity index (χ1n) is 7.59. The topological polar surface area (TPSA) is 66.8 Å². The van der Waals surface area contributed by atoms with Crippen LogP contribution in [0.25, 0.3) is 0 Å². The number of carbonyl (C=O) groups is 2. The number of rotatable bonds is 5. The molecule has 5 nitrogen and oxygen atoms in total. The standard InChI is InChI=1S/C17H23NO4/c1-4-22-14(19)10-17(3)15(20)12(2)18(16(17)21)11-13-8-6-5-7-9-13/h5-9,12,15,20H,4,10-11H2,1-3H3/t12-,15+,17+/m1/s1. The van der Waals surface area contributed by atoms with Crippen LogP contribution in [0, 0.1) is 5.41 Å². The minimum atomic E-state index is -1.12. The zero-order valence-electron chi connectivity index (χ0n) is 13.3. The van der Waals surface area contributed by atoms with E-state index in [1.165, 1.54) is 0 Å². The molecule has 3 atom stereocenters. The minimum Gasteiger partial charge on any atom is -0.466 e. The summed E-state index contributed by atoms with van der Waals surface area (Å²) in [5.41, 5.74) is -0.129. The first-order valence-corrected chi connectivity index (χ1v) is 7.59. The fourth-order valence-electron chi connectivity index (χ4n) is 3.03. The number of benzene rings is 1. The van der Waals surface area contributed by atoms with Crippen molar-refractivity contribution in [3.05, 3.63) is 35.9 Å². The van der Waals surface area contributed by atoms with Gasteiger partial charge in [0.25, 0.3) is 0 Å². The lowest BCUT2D eigenvalue weighted by molar-refractivity contribution is -0.152. The molecule has 1 amide bonds. The molecule has 1 N–H and O–H groups in total. The van der Waals surface area contributed by atoms with Crippen LogP contribution in [0.3, 0.4) is 0 Å². The van der Waals surface area contributed by atoms with Gasteiger partial charge in [0, 0.05) is 6.54 Å². The van der Waals surface area contributed by atoms with E-state index < -0.39 is 17.5 Å². The van der Waals surface area contributed by atoms with Crippen molar-refractivity contribution in [1.82, 2.24) is 4.90 Å². The summed E-state index contributed by atoms with van der Waals surface area (Å²) in [7, 11) is 0. The van der Waals surface area contributed by atoms with Crippen LogP contribution < -0.4 is 0 Å². The van der Waals surface area contributed by atoms with Crippen LogP contribution in [0.2, 0.25) is 0 Å². The Morgan fingerprint density at radius 3 is 2.59 bits per heavy atom. The summed E-state index contributed by atoms with van der Waals surface area (Å²) in [5, 5.41) is 10.5. The summed E-state index contributed by atoms with van der Waals surface area (Å²) in [5.74, 6) is -0.657. The van der Waals surface area contributed by atoms with Crippen LogP contribution in [0.1, 0.15) is 32.8 Å². The van der Waals surface area contributed by atoms with Gasteiger partial charge in [0.1, 0.15) is 0 Å². The molecule has 0 aliphatic carbocycles. The van der Waals surface area contributed by atoms with E-state index >= 15 is 0 Å². The third-order valence-corrected chi connectivity index (χ3v) is 4.36. The Balaban J connectivity index is 2.18. The lowest BCUT2D eigenvalue weighted by Crippen LogP contribution is -2.38. The number of ether oxygens (including phenoxy) is 1. The van der Waals surface area contributed by atoms with Crippen molar-refractivity contribution in [2.45, 2.75) is 45.9 Å². The molecule has 0 spiro atoms. The molecule has 2 rings (SSSR count). The highest BCUT2D eigenvalue weighted by Gasteiger charge is 2.55. The number of hydrogen-bond acceptors (Lipinski definition) is 4. The second kappa shape index (κ2) is 6.48. The van der Waals surface area contributed by atoms with E-state index in [0.717, 1.165) is 5.56 Å². The smallest absolute Gasteiger partial charge is 0.306 e. The molecule has 1 fully saturated rings. The van der Waals surface area contributed by atoms with Crippen LogP contribution in [0.5, 0.6) is 0 Å². The van der Waals surface area contributed by atoms with Gasteiger partial charge in [0.2, 0.25) is 5.91 Å². The second-order valence-electron chi connectivity index (χ2n) is 6.00. The molecule has 0 radical (unpaired) electrons. The van der Waals surface area contributed by atoms with Crippen molar-refractivity contribution in [2.75, 3.05) is 6.61 Å². The lowest BCUT2D eigenvalue weighted by Gasteiger charge is -2.24. The average molecular weight is 305 g/mol. The van der Waals surface area contributed by atoms with Gasteiger partial charge in [-0.1, -0.05) is 30.3 Å². The molecule has 5 heteroatoms. The van der Waals surface area contributed by atoms with E-state index in [-0.39, 0.29) is 25.0 Å². The molecule has 1 aromatic carbocycles. The van der Waals surface area contributed by atoms with Crippen molar-refractivity contribution in [3.8, 4) is 0 Å². The van der Waals surface area contributed by atoms with Gasteiger partial charge in [-0.2, -0.15) is 0 Å². The maximum atomic E-state index is 12.8. The number of aliphatic hydroxyl groups excluding tert-OH is 1. The molecule has 0 bridgehead atoms. The fourth-order valence-corrected chi connectivity index (χ4v) is 3.03. The summed E-state index contributed by atoms with van der Waals surface area (Å²) in [6.45, 7) is 5.86. The number of hydrogen-bond donors (Lipinski definition) is 1. The maximum Gasteiger partial charge on any atom is 0.306 e. The fraction of sp³-hybridized carbons (Fsp3) is 0.529. The Morgan fingerprint density at radius 2 is 2.00 bits per heavy atom. The molecule has 1 aliphatic heterocycles. The van der Waals surface area contributed by atoms with Crippen LogP contribution in [-0.2, 0) is 20.9 Å². The summed E-state index contributed by atoms with van der Waals surface area (Å²) in [6.07, 6.45) is -0.996. The van der Waals surface area contributed by atoms with Gasteiger partial charge in [0.05, 0.1) is 30.6 Å². The summed E-state index contributed by atoms with van der Waals surface area (Å²) >= 11 is 0. The number of nitrogens with zero attached hydrogens (tertiary/aromatic N) is 1. The molecule has 120 valence electrons. The molecule has 1 saturated heterocycles. The molecule has 1 heterocycles. The van der Waals surface area contributed by atoms with Crippen LogP contribution in [0.15, 0.2) is 30.3 Å². The van der Waals surface area contributed by atoms with Gasteiger partial charge in [-0.3, -0.25) is 9.59 Å². The van der Waals surface area contributed by atoms with Crippen molar-refractivity contribution < 1.29 is 19.4 Å². The maximum absolute atomic E-state index is 12.8. The van der Waals surface area contributed by atoms with Gasteiger partial charge in [-0.05, 0) is 26.3 Å². The number of aliphatic hydroxyl groups is 1. The first-order chi connectivity index (χ1) is 10.4. The van der Waals surface area contributed by atoms with Gasteiger partial charge in [-0.15, -0.1) is 0 Å². The first kappa shape index (κ1) is 16.5. The van der Waals surface area contributed by atoms with Gasteiger partial charge >= 0.3 is 5.97 Å². The molecule has 0 unspecified atom stereocenters. The van der Waals surface area contributed by atoms with Crippen molar-refractivity contribution >= 4 is 11.9 Å². The molecule has 22 heavy (non-hydrogen) atoms. The lowest BCUT2D eigenvalue weighted by atomic mass is 9.81. The average Bonchev–Trinajstić information content (AvgIpc) is 2.64. The van der Waals surface area contributed by atoms with Crippen LogP contribution >= 0.6 is 0 Å². The molecule has 1 aromatic rings. The van der Waals surface area contributed by atoms with Crippen LogP contribution in [-0.4, -0.2) is 40.6 Å². The number of esters is 1. The molecule has 0 aromatic heterocycles. The highest BCUT2D eigenvalue weighted by atomic mass is 16.5. The van der Waals surface area contributed by atoms with E-state index in [2.05, 4.69) is 0 Å². The quantitative estimate of drug-likeness (QED) is 0.842. The predicted molar refractivity (Wildman–Crippen MR) is 81.8 cm³/mol. The van der Waals surface area contributed by atoms with E-state index in [1.54, 1.807) is 18.7 Å². The Bertz CT molecular complexity index is 545. The normalized spacial score (nSPS) is 28.0. The van der Waals surface area contributed by atoms with E-state index in [9.17, 15) is 14.7 Å². The van der Waals surface area contributed by atoms with E-state index in [4.69, 9.17) is 4.74 Å². The summed E-state index contributed by atoms with van der Waals surface area (Å²) in [4.78, 5) is 26.2. The zero-order chi connectivity index (χ0) is 16.3. The van der Waals surface area contributed by atoms with Crippen molar-refractivity contribution in [3.63, 3.8) is 0 Å². The SMILES string of the molecule is CCOC(=O)C[C@]1(C)C(=O)N(Cc2ccccc2)[C@H](C)[C@@H]1O. The monoisotopic (exact) mass is 305 g/mol. The Labute approximate surface area is 130 Å². The highest BCUT2D eigenvalue weighted by molar-refractivity contribution is 5.90. The number of likely N-dealkylation sites (tertiary alicyclic amines) is 1. The Hall–Kier alpha value is -1.88. The van der Waals surface area contributed by atoms with Crippen LogP contribution in [0.4, 0.5) is 0 Å². The second-order valence-corrected chi connectivity index (χ2v) is 6.00. The van der Waals surface area contributed by atoms with Gasteiger partial charge in [-0.25, -0.2) is 0 Å². The Morgan fingerprint density at radius 1 is 1.36 bits per heavy atom. The molecule has 0 saturated carbocycles. The van der Waals surface area contributed by atoms with Gasteiger partial charge in [0.15, 0.2) is 0 Å². The zero-order valence-corrected chi connectivity index (χ0v) is 13.3. The number of amides is 1. The van der Waals surface area contributed by atoms with Crippen molar-refractivity contribution in [1.29, 1.82) is 0 Å². The predicted octanol–water partition coefficient (Wildman–Crippen LogP) is 1.74.